The Balaban J connectivity index is 0.00000243. The Morgan fingerprint density at radius 3 is 2.38 bits per heavy atom. The van der Waals surface area contributed by atoms with E-state index in [9.17, 15) is 13.2 Å². The van der Waals surface area contributed by atoms with Crippen molar-refractivity contribution in [1.29, 1.82) is 0 Å². The number of benzene rings is 1. The minimum Gasteiger partial charge on any atom is -0.379 e. The number of nitrogens with one attached hydrogen (secondary N) is 1. The Labute approximate surface area is 160 Å². The zero-order chi connectivity index (χ0) is 17.9. The van der Waals surface area contributed by atoms with Crippen molar-refractivity contribution >= 4 is 28.3 Å². The number of ether oxygens (including phenoxy) is 1. The first kappa shape index (κ1) is 21.1. The maximum Gasteiger partial charge on any atom is 0.252 e. The van der Waals surface area contributed by atoms with Crippen LogP contribution in [0.3, 0.4) is 0 Å². The van der Waals surface area contributed by atoms with E-state index in [1.54, 1.807) is 18.2 Å². The van der Waals surface area contributed by atoms with E-state index in [1.165, 1.54) is 10.4 Å². The van der Waals surface area contributed by atoms with Gasteiger partial charge in [0.15, 0.2) is 0 Å². The van der Waals surface area contributed by atoms with E-state index >= 15 is 0 Å². The largest absolute Gasteiger partial charge is 0.379 e. The van der Waals surface area contributed by atoms with Gasteiger partial charge in [-0.25, -0.2) is 8.42 Å². The number of hydrogen-bond donors (Lipinski definition) is 2. The highest BCUT2D eigenvalue weighted by atomic mass is 35.5. The Morgan fingerprint density at radius 1 is 1.12 bits per heavy atom. The summed E-state index contributed by atoms with van der Waals surface area (Å²) in [4.78, 5) is 12.8. The van der Waals surface area contributed by atoms with Crippen LogP contribution in [0, 0.1) is 0 Å². The summed E-state index contributed by atoms with van der Waals surface area (Å²) in [6, 6.07) is 6.63. The highest BCUT2D eigenvalue weighted by Gasteiger charge is 2.30. The maximum absolute atomic E-state index is 12.9. The summed E-state index contributed by atoms with van der Waals surface area (Å²) in [5, 5.41) is 2.97. The molecular formula is C17H26ClN3O4S. The number of carbonyl (C=O) groups is 1. The molecule has 1 aliphatic carbocycles. The smallest absolute Gasteiger partial charge is 0.252 e. The van der Waals surface area contributed by atoms with Crippen LogP contribution in [0.5, 0.6) is 0 Å². The lowest BCUT2D eigenvalue weighted by Crippen LogP contribution is -2.43. The molecule has 146 valence electrons. The van der Waals surface area contributed by atoms with E-state index in [4.69, 9.17) is 10.5 Å². The third kappa shape index (κ3) is 4.75. The molecule has 1 amide bonds. The van der Waals surface area contributed by atoms with Gasteiger partial charge in [-0.3, -0.25) is 4.79 Å². The van der Waals surface area contributed by atoms with Gasteiger partial charge in [-0.05, 0) is 37.8 Å². The molecule has 7 nitrogen and oxygen atoms in total. The van der Waals surface area contributed by atoms with Crippen LogP contribution < -0.4 is 11.1 Å². The third-order valence-corrected chi connectivity index (χ3v) is 6.78. The molecule has 0 atom stereocenters. The monoisotopic (exact) mass is 403 g/mol. The van der Waals surface area contributed by atoms with E-state index < -0.39 is 10.0 Å². The molecule has 1 aliphatic heterocycles. The summed E-state index contributed by atoms with van der Waals surface area (Å²) in [6.45, 7) is 1.35. The number of rotatable bonds is 4. The summed E-state index contributed by atoms with van der Waals surface area (Å²) in [5.41, 5.74) is 6.09. The number of carbonyl (C=O) groups excluding carboxylic acids is 1. The fourth-order valence-corrected chi connectivity index (χ4v) is 4.93. The van der Waals surface area contributed by atoms with E-state index in [1.807, 2.05) is 0 Å². The van der Waals surface area contributed by atoms with Crippen molar-refractivity contribution in [3.8, 4) is 0 Å². The van der Waals surface area contributed by atoms with Gasteiger partial charge >= 0.3 is 0 Å². The van der Waals surface area contributed by atoms with Crippen molar-refractivity contribution in [1.82, 2.24) is 9.62 Å². The van der Waals surface area contributed by atoms with E-state index in [0.717, 1.165) is 25.7 Å². The van der Waals surface area contributed by atoms with E-state index in [2.05, 4.69) is 5.32 Å². The first-order chi connectivity index (χ1) is 12.0. The molecule has 2 fully saturated rings. The predicted molar refractivity (Wildman–Crippen MR) is 101 cm³/mol. The number of halogens is 1. The van der Waals surface area contributed by atoms with Crippen LogP contribution in [0.2, 0.25) is 0 Å². The van der Waals surface area contributed by atoms with Gasteiger partial charge in [0.25, 0.3) is 5.91 Å². The topological polar surface area (TPSA) is 102 Å². The zero-order valence-electron chi connectivity index (χ0n) is 14.6. The molecule has 1 saturated heterocycles. The molecule has 1 aromatic carbocycles. The normalized spacial score (nSPS) is 24.5. The number of morpholine rings is 1. The average Bonchev–Trinajstić information content (AvgIpc) is 2.64. The highest BCUT2D eigenvalue weighted by molar-refractivity contribution is 7.89. The molecule has 26 heavy (non-hydrogen) atoms. The highest BCUT2D eigenvalue weighted by Crippen LogP contribution is 2.23. The Kier molecular flexibility index (Phi) is 7.42. The Morgan fingerprint density at radius 2 is 1.73 bits per heavy atom. The minimum atomic E-state index is -3.71. The van der Waals surface area contributed by atoms with Crippen LogP contribution in [0.1, 0.15) is 36.0 Å². The summed E-state index contributed by atoms with van der Waals surface area (Å²) in [7, 11) is -3.71. The second-order valence-corrected chi connectivity index (χ2v) is 8.50. The van der Waals surface area contributed by atoms with Crippen LogP contribution in [-0.2, 0) is 14.8 Å². The molecule has 3 N–H and O–H groups in total. The van der Waals surface area contributed by atoms with Gasteiger partial charge < -0.3 is 15.8 Å². The van der Waals surface area contributed by atoms with Crippen molar-refractivity contribution < 1.29 is 17.9 Å². The van der Waals surface area contributed by atoms with E-state index in [-0.39, 0.29) is 40.9 Å². The van der Waals surface area contributed by atoms with Gasteiger partial charge in [-0.2, -0.15) is 4.31 Å². The van der Waals surface area contributed by atoms with Crippen molar-refractivity contribution in [2.24, 2.45) is 5.73 Å². The minimum absolute atomic E-state index is 0. The number of amides is 1. The molecule has 0 radical (unpaired) electrons. The number of nitrogens with zero attached hydrogens (tertiary/aromatic N) is 1. The molecule has 0 aromatic heterocycles. The molecule has 0 unspecified atom stereocenters. The quantitative estimate of drug-likeness (QED) is 0.784. The van der Waals surface area contributed by atoms with Crippen LogP contribution in [-0.4, -0.2) is 57.0 Å². The third-order valence-electron chi connectivity index (χ3n) is 4.83. The molecule has 1 saturated carbocycles. The Bertz CT molecular complexity index is 714. The van der Waals surface area contributed by atoms with Gasteiger partial charge in [0.05, 0.1) is 23.7 Å². The second-order valence-electron chi connectivity index (χ2n) is 6.60. The van der Waals surface area contributed by atoms with E-state index in [0.29, 0.717) is 26.3 Å². The standard InChI is InChI=1S/C17H25N3O4S.ClH/c18-13-5-7-14(8-6-13)19-17(21)15-3-1-2-4-16(15)25(22,23)20-9-11-24-12-10-20;/h1-4,13-14H,5-12,18H2,(H,19,21);1H. The second kappa shape index (κ2) is 9.14. The molecule has 9 heteroatoms. The molecule has 1 aromatic rings. The molecule has 2 aliphatic rings. The fourth-order valence-electron chi connectivity index (χ4n) is 3.33. The zero-order valence-corrected chi connectivity index (χ0v) is 16.2. The number of hydrogen-bond acceptors (Lipinski definition) is 5. The van der Waals surface area contributed by atoms with Crippen molar-refractivity contribution in [3.63, 3.8) is 0 Å². The summed E-state index contributed by atoms with van der Waals surface area (Å²) in [5.74, 6) is -0.340. The SMILES string of the molecule is Cl.NC1CCC(NC(=O)c2ccccc2S(=O)(=O)N2CCOCC2)CC1. The van der Waals surface area contributed by atoms with Crippen molar-refractivity contribution in [2.75, 3.05) is 26.3 Å². The molecule has 0 spiro atoms. The predicted octanol–water partition coefficient (Wildman–Crippen LogP) is 1.13. The van der Waals surface area contributed by atoms with Crippen molar-refractivity contribution in [2.45, 2.75) is 42.7 Å². The summed E-state index contributed by atoms with van der Waals surface area (Å²) >= 11 is 0. The van der Waals surface area contributed by atoms with Crippen LogP contribution in [0.4, 0.5) is 0 Å². The summed E-state index contributed by atoms with van der Waals surface area (Å²) < 4.78 is 32.4. The average molecular weight is 404 g/mol. The van der Waals surface area contributed by atoms with Gasteiger partial charge in [-0.15, -0.1) is 12.4 Å². The van der Waals surface area contributed by atoms with Gasteiger partial charge in [0, 0.05) is 25.2 Å². The fraction of sp³-hybridized carbons (Fsp3) is 0.588. The van der Waals surface area contributed by atoms with Gasteiger partial charge in [0.2, 0.25) is 10.0 Å². The lowest BCUT2D eigenvalue weighted by Gasteiger charge is -2.28. The van der Waals surface area contributed by atoms with Crippen LogP contribution in [0.15, 0.2) is 29.2 Å². The molecular weight excluding hydrogens is 378 g/mol. The number of sulfonamides is 1. The number of nitrogens with two attached hydrogens (primary N) is 1. The lowest BCUT2D eigenvalue weighted by atomic mass is 9.91. The molecule has 0 bridgehead atoms. The molecule has 3 rings (SSSR count). The molecule has 1 heterocycles. The van der Waals surface area contributed by atoms with Crippen LogP contribution >= 0.6 is 12.4 Å². The van der Waals surface area contributed by atoms with Gasteiger partial charge in [0.1, 0.15) is 0 Å². The first-order valence-electron chi connectivity index (χ1n) is 8.72. The van der Waals surface area contributed by atoms with Crippen LogP contribution in [0.25, 0.3) is 0 Å². The van der Waals surface area contributed by atoms with Gasteiger partial charge in [-0.1, -0.05) is 12.1 Å². The van der Waals surface area contributed by atoms with Crippen molar-refractivity contribution in [3.05, 3.63) is 29.8 Å². The Hall–Kier alpha value is -1.19. The first-order valence-corrected chi connectivity index (χ1v) is 10.2. The lowest BCUT2D eigenvalue weighted by molar-refractivity contribution is 0.0729. The summed E-state index contributed by atoms with van der Waals surface area (Å²) in [6.07, 6.45) is 3.40. The maximum atomic E-state index is 12.9.